The smallest absolute Gasteiger partial charge is 0.422 e. The first-order valence-corrected chi connectivity index (χ1v) is 3.82. The number of aliphatic carboxylic acids is 1. The van der Waals surface area contributed by atoms with Crippen LogP contribution in [0.3, 0.4) is 0 Å². The molecule has 6 heteroatoms. The molecule has 0 aliphatic carbocycles. The van der Waals surface area contributed by atoms with Crippen LogP contribution < -0.4 is 5.43 Å². The number of carboxylic acid groups (broad SMARTS) is 1. The van der Waals surface area contributed by atoms with E-state index < -0.39 is 12.1 Å². The van der Waals surface area contributed by atoms with E-state index in [1.54, 1.807) is 13.8 Å². The number of nitrogens with one attached hydrogen (secondary N) is 1. The zero-order valence-corrected chi connectivity index (χ0v) is 7.90. The van der Waals surface area contributed by atoms with Gasteiger partial charge in [0.1, 0.15) is 6.54 Å². The number of hydrogen-bond donors (Lipinski definition) is 2. The molecule has 0 unspecified atom stereocenters. The van der Waals surface area contributed by atoms with Gasteiger partial charge in [-0.3, -0.25) is 10.2 Å². The van der Waals surface area contributed by atoms with Crippen LogP contribution in [0.25, 0.3) is 0 Å². The number of likely N-dealkylation sites (N-methyl/N-ethyl adjacent to an activating group) is 1. The van der Waals surface area contributed by atoms with Crippen LogP contribution in [0.4, 0.5) is 4.79 Å². The van der Waals surface area contributed by atoms with Crippen LogP contribution in [0.15, 0.2) is 0 Å². The fraction of sp³-hybridized carbons (Fsp3) is 0.714. The Morgan fingerprint density at radius 1 is 1.54 bits per heavy atom. The third-order valence-electron chi connectivity index (χ3n) is 0.997. The number of rotatable bonds is 4. The lowest BCUT2D eigenvalue weighted by molar-refractivity contribution is -0.138. The highest BCUT2D eigenvalue weighted by Gasteiger charge is 2.09. The molecule has 76 valence electrons. The normalized spacial score (nSPS) is 10.2. The monoisotopic (exact) mass is 190 g/mol. The van der Waals surface area contributed by atoms with Crippen molar-refractivity contribution in [2.24, 2.45) is 0 Å². The van der Waals surface area contributed by atoms with Gasteiger partial charge in [0.25, 0.3) is 0 Å². The van der Waals surface area contributed by atoms with Crippen molar-refractivity contribution in [3.63, 3.8) is 0 Å². The first-order valence-electron chi connectivity index (χ1n) is 3.82. The Morgan fingerprint density at radius 2 is 2.08 bits per heavy atom. The van der Waals surface area contributed by atoms with Crippen LogP contribution in [0.5, 0.6) is 0 Å². The van der Waals surface area contributed by atoms with Gasteiger partial charge in [-0.25, -0.2) is 9.80 Å². The Bertz CT molecular complexity index is 193. The summed E-state index contributed by atoms with van der Waals surface area (Å²) in [7, 11) is 1.44. The fourth-order valence-corrected chi connectivity index (χ4v) is 0.639. The maximum Gasteiger partial charge on any atom is 0.422 e. The fourth-order valence-electron chi connectivity index (χ4n) is 0.639. The SMILES string of the molecule is CC(C)OC(=O)NN(C)CC(=O)O. The number of hydrogen-bond acceptors (Lipinski definition) is 4. The highest BCUT2D eigenvalue weighted by Crippen LogP contribution is 1.88. The van der Waals surface area contributed by atoms with E-state index in [0.717, 1.165) is 5.01 Å². The number of carbonyl (C=O) groups is 2. The number of ether oxygens (including phenoxy) is 1. The van der Waals surface area contributed by atoms with Gasteiger partial charge in [-0.2, -0.15) is 0 Å². The Hall–Kier alpha value is -1.30. The van der Waals surface area contributed by atoms with Crippen molar-refractivity contribution in [2.75, 3.05) is 13.6 Å². The molecule has 0 bridgehead atoms. The number of carbonyl (C=O) groups excluding carboxylic acids is 1. The van der Waals surface area contributed by atoms with E-state index in [1.165, 1.54) is 7.05 Å². The summed E-state index contributed by atoms with van der Waals surface area (Å²) in [6.07, 6.45) is -0.878. The van der Waals surface area contributed by atoms with Gasteiger partial charge in [0.05, 0.1) is 6.10 Å². The Labute approximate surface area is 76.4 Å². The van der Waals surface area contributed by atoms with Gasteiger partial charge in [0.15, 0.2) is 0 Å². The molecule has 1 amide bonds. The summed E-state index contributed by atoms with van der Waals surface area (Å²) in [6, 6.07) is 0. The second-order valence-corrected chi connectivity index (χ2v) is 2.82. The average Bonchev–Trinajstić information content (AvgIpc) is 1.80. The van der Waals surface area contributed by atoms with Crippen molar-refractivity contribution in [1.29, 1.82) is 0 Å². The van der Waals surface area contributed by atoms with Crippen LogP contribution >= 0.6 is 0 Å². The van der Waals surface area contributed by atoms with Gasteiger partial charge in [-0.15, -0.1) is 0 Å². The van der Waals surface area contributed by atoms with Crippen molar-refractivity contribution >= 4 is 12.1 Å². The minimum Gasteiger partial charge on any atom is -0.480 e. The van der Waals surface area contributed by atoms with Gasteiger partial charge >= 0.3 is 12.1 Å². The van der Waals surface area contributed by atoms with Crippen LogP contribution in [0.1, 0.15) is 13.8 Å². The van der Waals surface area contributed by atoms with Crippen molar-refractivity contribution in [3.05, 3.63) is 0 Å². The molecule has 0 aromatic carbocycles. The highest BCUT2D eigenvalue weighted by molar-refractivity contribution is 5.70. The summed E-state index contributed by atoms with van der Waals surface area (Å²) in [6.45, 7) is 3.14. The van der Waals surface area contributed by atoms with Crippen LogP contribution in [-0.2, 0) is 9.53 Å². The zero-order chi connectivity index (χ0) is 10.4. The van der Waals surface area contributed by atoms with Crippen molar-refractivity contribution in [3.8, 4) is 0 Å². The van der Waals surface area contributed by atoms with Gasteiger partial charge in [0.2, 0.25) is 0 Å². The molecule has 0 rings (SSSR count). The summed E-state index contributed by atoms with van der Waals surface area (Å²) in [4.78, 5) is 21.1. The highest BCUT2D eigenvalue weighted by atomic mass is 16.6. The van der Waals surface area contributed by atoms with E-state index in [-0.39, 0.29) is 12.6 Å². The molecule has 0 aromatic rings. The molecule has 0 radical (unpaired) electrons. The second kappa shape index (κ2) is 5.36. The van der Waals surface area contributed by atoms with Gasteiger partial charge in [0, 0.05) is 7.05 Å². The number of nitrogens with zero attached hydrogens (tertiary/aromatic N) is 1. The van der Waals surface area contributed by atoms with Gasteiger partial charge in [-0.05, 0) is 13.8 Å². The van der Waals surface area contributed by atoms with E-state index in [9.17, 15) is 9.59 Å². The first kappa shape index (κ1) is 11.7. The molecule has 6 nitrogen and oxygen atoms in total. The van der Waals surface area contributed by atoms with E-state index in [1.807, 2.05) is 0 Å². The van der Waals surface area contributed by atoms with Gasteiger partial charge < -0.3 is 9.84 Å². The summed E-state index contributed by atoms with van der Waals surface area (Å²) in [5.74, 6) is -1.02. The standard InChI is InChI=1S/C7H14N2O4/c1-5(2)13-7(12)8-9(3)4-6(10)11/h5H,4H2,1-3H3,(H,8,12)(H,10,11). The Kier molecular flexibility index (Phi) is 4.83. The van der Waals surface area contributed by atoms with Crippen LogP contribution in [0.2, 0.25) is 0 Å². The molecule has 0 aliphatic rings. The lowest BCUT2D eigenvalue weighted by Crippen LogP contribution is -2.43. The predicted octanol–water partition coefficient (Wildman–Crippen LogP) is 0.0524. The third-order valence-corrected chi connectivity index (χ3v) is 0.997. The maximum absolute atomic E-state index is 10.9. The zero-order valence-electron chi connectivity index (χ0n) is 7.90. The molecule has 0 aliphatic heterocycles. The molecular weight excluding hydrogens is 176 g/mol. The first-order chi connectivity index (χ1) is 5.91. The second-order valence-electron chi connectivity index (χ2n) is 2.82. The number of carboxylic acids is 1. The largest absolute Gasteiger partial charge is 0.480 e. The molecule has 0 aromatic heterocycles. The topological polar surface area (TPSA) is 78.9 Å². The molecule has 13 heavy (non-hydrogen) atoms. The number of hydrazine groups is 1. The molecular formula is C7H14N2O4. The summed E-state index contributed by atoms with van der Waals surface area (Å²) in [5.41, 5.74) is 2.23. The van der Waals surface area contributed by atoms with E-state index in [4.69, 9.17) is 9.84 Å². The van der Waals surface area contributed by atoms with Crippen molar-refractivity contribution in [2.45, 2.75) is 20.0 Å². The molecule has 0 spiro atoms. The Balaban J connectivity index is 3.71. The number of amides is 1. The molecule has 0 saturated carbocycles. The lowest BCUT2D eigenvalue weighted by Gasteiger charge is -2.16. The lowest BCUT2D eigenvalue weighted by atomic mass is 10.5. The molecule has 2 N–H and O–H groups in total. The molecule has 0 atom stereocenters. The molecule has 0 fully saturated rings. The van der Waals surface area contributed by atoms with Crippen LogP contribution in [0, 0.1) is 0 Å². The minimum atomic E-state index is -1.02. The Morgan fingerprint density at radius 3 is 2.46 bits per heavy atom. The quantitative estimate of drug-likeness (QED) is 0.612. The van der Waals surface area contributed by atoms with Gasteiger partial charge in [-0.1, -0.05) is 0 Å². The summed E-state index contributed by atoms with van der Waals surface area (Å²) >= 11 is 0. The molecule has 0 heterocycles. The van der Waals surface area contributed by atoms with Crippen molar-refractivity contribution in [1.82, 2.24) is 10.4 Å². The maximum atomic E-state index is 10.9. The van der Waals surface area contributed by atoms with Crippen LogP contribution in [-0.4, -0.2) is 41.9 Å². The van der Waals surface area contributed by atoms with E-state index >= 15 is 0 Å². The summed E-state index contributed by atoms with van der Waals surface area (Å²) in [5, 5.41) is 9.48. The van der Waals surface area contributed by atoms with Crippen molar-refractivity contribution < 1.29 is 19.4 Å². The minimum absolute atomic E-state index is 0.224. The average molecular weight is 190 g/mol. The van der Waals surface area contributed by atoms with E-state index in [2.05, 4.69) is 5.43 Å². The molecule has 0 saturated heterocycles. The summed E-state index contributed by atoms with van der Waals surface area (Å²) < 4.78 is 4.72. The predicted molar refractivity (Wildman–Crippen MR) is 45.0 cm³/mol. The van der Waals surface area contributed by atoms with E-state index in [0.29, 0.717) is 0 Å². The third kappa shape index (κ3) is 7.07.